The van der Waals surface area contributed by atoms with Gasteiger partial charge in [-0.05, 0) is 97.3 Å². The number of aromatic carboxylic acids is 1. The Morgan fingerprint density at radius 3 is 2.26 bits per heavy atom. The van der Waals surface area contributed by atoms with Crippen LogP contribution in [-0.4, -0.2) is 21.7 Å². The Kier molecular flexibility index (Phi) is 6.85. The lowest BCUT2D eigenvalue weighted by molar-refractivity contribution is -0.137. The van der Waals surface area contributed by atoms with Gasteiger partial charge in [-0.2, -0.15) is 18.4 Å². The first-order valence-electron chi connectivity index (χ1n) is 12.5. The van der Waals surface area contributed by atoms with E-state index in [9.17, 15) is 28.3 Å². The monoisotopic (exact) mass is 518 g/mol. The van der Waals surface area contributed by atoms with Gasteiger partial charge >= 0.3 is 12.1 Å². The number of ether oxygens (including phenoxy) is 1. The molecule has 0 saturated heterocycles. The lowest BCUT2D eigenvalue weighted by Crippen LogP contribution is -2.11. The van der Waals surface area contributed by atoms with E-state index >= 15 is 0 Å². The number of carbonyl (C=O) groups is 1. The van der Waals surface area contributed by atoms with Crippen molar-refractivity contribution in [2.75, 3.05) is 0 Å². The lowest BCUT2D eigenvalue weighted by Gasteiger charge is -2.14. The summed E-state index contributed by atoms with van der Waals surface area (Å²) in [7, 11) is 0. The molecular formula is C30H25F3N2O3. The van der Waals surface area contributed by atoms with Crippen LogP contribution >= 0.6 is 0 Å². The first-order chi connectivity index (χ1) is 18.3. The molecule has 0 bridgehead atoms. The van der Waals surface area contributed by atoms with Crippen LogP contribution in [0.25, 0.3) is 27.7 Å². The fraction of sp³-hybridized carbons (Fsp3) is 0.267. The topological polar surface area (TPSA) is 75.3 Å². The van der Waals surface area contributed by atoms with Crippen LogP contribution in [0.3, 0.4) is 0 Å². The van der Waals surface area contributed by atoms with E-state index < -0.39 is 17.7 Å². The minimum absolute atomic E-state index is 0.0595. The first kappa shape index (κ1) is 25.4. The van der Waals surface area contributed by atoms with Gasteiger partial charge in [0.05, 0.1) is 23.3 Å². The number of hydrogen-bond donors (Lipinski definition) is 1. The molecule has 5 nitrogen and oxygen atoms in total. The third-order valence-electron chi connectivity index (χ3n) is 7.01. The summed E-state index contributed by atoms with van der Waals surface area (Å²) in [5, 5.41) is 20.1. The van der Waals surface area contributed by atoms with Crippen molar-refractivity contribution in [3.63, 3.8) is 0 Å². The summed E-state index contributed by atoms with van der Waals surface area (Å²) < 4.78 is 46.8. The van der Waals surface area contributed by atoms with Crippen molar-refractivity contribution in [3.05, 3.63) is 83.6 Å². The number of aryl methyl sites for hydroxylation is 1. The second-order valence-electron chi connectivity index (χ2n) is 9.45. The number of benzene rings is 3. The molecule has 38 heavy (non-hydrogen) atoms. The SMILES string of the molecule is N#CCCc1c(C(=O)O)n(-c2ccc(OC3CCCC3)cc2)c2ccc(-c3ccc(C(F)(F)F)cc3)cc12. The van der Waals surface area contributed by atoms with E-state index in [-0.39, 0.29) is 24.6 Å². The summed E-state index contributed by atoms with van der Waals surface area (Å²) in [6.45, 7) is 0. The number of nitriles is 1. The Balaban J connectivity index is 1.60. The second kappa shape index (κ2) is 10.3. The first-order valence-corrected chi connectivity index (χ1v) is 12.5. The molecule has 1 aliphatic rings. The predicted molar refractivity (Wildman–Crippen MR) is 137 cm³/mol. The largest absolute Gasteiger partial charge is 0.490 e. The van der Waals surface area contributed by atoms with Gasteiger partial charge in [0.1, 0.15) is 11.4 Å². The number of carboxylic acids is 1. The van der Waals surface area contributed by atoms with E-state index in [4.69, 9.17) is 4.74 Å². The van der Waals surface area contributed by atoms with Crippen molar-refractivity contribution < 1.29 is 27.8 Å². The summed E-state index contributed by atoms with van der Waals surface area (Å²) in [5.41, 5.74) is 2.32. The number of alkyl halides is 3. The van der Waals surface area contributed by atoms with Gasteiger partial charge in [-0.3, -0.25) is 0 Å². The highest BCUT2D eigenvalue weighted by atomic mass is 19.4. The van der Waals surface area contributed by atoms with Crippen LogP contribution in [0.5, 0.6) is 5.75 Å². The Morgan fingerprint density at radius 1 is 1.00 bits per heavy atom. The van der Waals surface area contributed by atoms with Crippen molar-refractivity contribution in [2.24, 2.45) is 0 Å². The quantitative estimate of drug-likeness (QED) is 0.271. The Labute approximate surface area is 217 Å². The van der Waals surface area contributed by atoms with Gasteiger partial charge in [-0.25, -0.2) is 4.79 Å². The molecule has 0 aliphatic heterocycles. The van der Waals surface area contributed by atoms with Crippen LogP contribution in [0, 0.1) is 11.3 Å². The van der Waals surface area contributed by atoms with Gasteiger partial charge < -0.3 is 14.4 Å². The highest BCUT2D eigenvalue weighted by Crippen LogP contribution is 2.36. The maximum Gasteiger partial charge on any atom is 0.416 e. The summed E-state index contributed by atoms with van der Waals surface area (Å²) in [5.74, 6) is -0.403. The van der Waals surface area contributed by atoms with E-state index in [2.05, 4.69) is 6.07 Å². The van der Waals surface area contributed by atoms with Gasteiger partial charge in [0, 0.05) is 17.5 Å². The van der Waals surface area contributed by atoms with Crippen molar-refractivity contribution in [2.45, 2.75) is 50.8 Å². The molecule has 5 rings (SSSR count). The standard InChI is InChI=1S/C30H25F3N2O3/c31-30(32,33)21-10-7-19(8-11-21)20-9-16-27-26(18-20)25(6-3-17-34)28(29(36)37)35(27)22-12-14-24(15-13-22)38-23-4-1-2-5-23/h7-16,18,23H,1-6H2,(H,36,37). The van der Waals surface area contributed by atoms with E-state index in [0.717, 1.165) is 43.6 Å². The molecule has 4 aromatic rings. The molecule has 3 aromatic carbocycles. The molecule has 1 aromatic heterocycles. The summed E-state index contributed by atoms with van der Waals surface area (Å²) in [6, 6.07) is 19.5. The molecule has 1 fully saturated rings. The number of aromatic nitrogens is 1. The average Bonchev–Trinajstić information content (AvgIpc) is 3.53. The Hall–Kier alpha value is -4.25. The van der Waals surface area contributed by atoms with Crippen LogP contribution in [-0.2, 0) is 12.6 Å². The van der Waals surface area contributed by atoms with Crippen molar-refractivity contribution >= 4 is 16.9 Å². The maximum absolute atomic E-state index is 13.0. The predicted octanol–water partition coefficient (Wildman–Crippen LogP) is 7.79. The Morgan fingerprint density at radius 2 is 1.66 bits per heavy atom. The van der Waals surface area contributed by atoms with E-state index in [1.807, 2.05) is 24.3 Å². The fourth-order valence-corrected chi connectivity index (χ4v) is 5.19. The van der Waals surface area contributed by atoms with Crippen LogP contribution < -0.4 is 4.74 Å². The van der Waals surface area contributed by atoms with Gasteiger partial charge in [-0.15, -0.1) is 0 Å². The molecule has 1 N–H and O–H groups in total. The highest BCUT2D eigenvalue weighted by molar-refractivity contribution is 6.01. The summed E-state index contributed by atoms with van der Waals surface area (Å²) >= 11 is 0. The van der Waals surface area contributed by atoms with Crippen LogP contribution in [0.15, 0.2) is 66.7 Å². The van der Waals surface area contributed by atoms with Gasteiger partial charge in [0.2, 0.25) is 0 Å². The summed E-state index contributed by atoms with van der Waals surface area (Å²) in [4.78, 5) is 12.5. The zero-order valence-electron chi connectivity index (χ0n) is 20.5. The van der Waals surface area contributed by atoms with Gasteiger partial charge in [0.25, 0.3) is 0 Å². The number of nitrogens with zero attached hydrogens (tertiary/aromatic N) is 2. The molecular weight excluding hydrogens is 493 g/mol. The normalized spacial score (nSPS) is 14.1. The van der Waals surface area contributed by atoms with E-state index in [1.165, 1.54) is 12.1 Å². The van der Waals surface area contributed by atoms with Crippen LogP contribution in [0.1, 0.15) is 53.7 Å². The third-order valence-corrected chi connectivity index (χ3v) is 7.01. The zero-order chi connectivity index (χ0) is 26.9. The van der Waals surface area contributed by atoms with Gasteiger partial charge in [0.15, 0.2) is 0 Å². The molecule has 194 valence electrons. The second-order valence-corrected chi connectivity index (χ2v) is 9.45. The fourth-order valence-electron chi connectivity index (χ4n) is 5.19. The maximum atomic E-state index is 13.0. The van der Waals surface area contributed by atoms with Crippen molar-refractivity contribution in [1.82, 2.24) is 4.57 Å². The van der Waals surface area contributed by atoms with Gasteiger partial charge in [-0.1, -0.05) is 18.2 Å². The van der Waals surface area contributed by atoms with Crippen molar-refractivity contribution in [1.29, 1.82) is 5.26 Å². The number of fused-ring (bicyclic) bond motifs is 1. The molecule has 1 heterocycles. The van der Waals surface area contributed by atoms with E-state index in [0.29, 0.717) is 33.3 Å². The average molecular weight is 519 g/mol. The third kappa shape index (κ3) is 4.97. The molecule has 0 atom stereocenters. The Bertz CT molecular complexity index is 1510. The minimum atomic E-state index is -4.43. The summed E-state index contributed by atoms with van der Waals surface area (Å²) in [6.07, 6.45) is 0.467. The zero-order valence-corrected chi connectivity index (χ0v) is 20.5. The smallest absolute Gasteiger partial charge is 0.416 e. The molecule has 0 spiro atoms. The van der Waals surface area contributed by atoms with Crippen LogP contribution in [0.2, 0.25) is 0 Å². The highest BCUT2D eigenvalue weighted by Gasteiger charge is 2.30. The molecule has 1 aliphatic carbocycles. The van der Waals surface area contributed by atoms with Crippen LogP contribution in [0.4, 0.5) is 13.2 Å². The number of hydrogen-bond acceptors (Lipinski definition) is 3. The van der Waals surface area contributed by atoms with Crippen molar-refractivity contribution in [3.8, 4) is 28.6 Å². The molecule has 0 unspecified atom stereocenters. The van der Waals surface area contributed by atoms with E-state index in [1.54, 1.807) is 22.8 Å². The number of halogens is 3. The number of carboxylic acid groups (broad SMARTS) is 1. The number of rotatable bonds is 7. The minimum Gasteiger partial charge on any atom is -0.490 e. The molecule has 1 saturated carbocycles. The molecule has 8 heteroatoms. The lowest BCUT2D eigenvalue weighted by atomic mass is 9.99. The molecule has 0 amide bonds. The molecule has 0 radical (unpaired) electrons.